The van der Waals surface area contributed by atoms with Crippen molar-refractivity contribution in [2.24, 2.45) is 5.41 Å². The number of nitrogens with zero attached hydrogens (tertiary/aromatic N) is 1. The first-order valence-electron chi connectivity index (χ1n) is 6.96. The lowest BCUT2D eigenvalue weighted by Gasteiger charge is -2.35. The third-order valence-electron chi connectivity index (χ3n) is 3.50. The molecule has 0 spiro atoms. The van der Waals surface area contributed by atoms with Crippen LogP contribution in [0.5, 0.6) is 0 Å². The van der Waals surface area contributed by atoms with Gasteiger partial charge >= 0.3 is 0 Å². The molecule has 0 aromatic heterocycles. The van der Waals surface area contributed by atoms with Crippen LogP contribution in [-0.2, 0) is 9.47 Å². The number of rotatable bonds is 12. The number of hydrogen-bond donors (Lipinski definition) is 1. The maximum atomic E-state index is 5.20. The number of hydrogen-bond acceptors (Lipinski definition) is 4. The lowest BCUT2D eigenvalue weighted by molar-refractivity contribution is 0.0987. The number of nitrogens with one attached hydrogen (secondary N) is 1. The van der Waals surface area contributed by atoms with Gasteiger partial charge < -0.3 is 19.7 Å². The lowest BCUT2D eigenvalue weighted by atomic mass is 9.86. The van der Waals surface area contributed by atoms with E-state index in [1.165, 1.54) is 6.42 Å². The minimum absolute atomic E-state index is 0.329. The van der Waals surface area contributed by atoms with E-state index >= 15 is 0 Å². The van der Waals surface area contributed by atoms with Gasteiger partial charge in [-0.2, -0.15) is 0 Å². The van der Waals surface area contributed by atoms with Crippen LogP contribution >= 0.6 is 0 Å². The standard InChI is InChI=1S/C14H32N2O2/c1-6-14(2,12-15-3)13-16(9-11-18-5)8-7-10-17-4/h15H,6-13H2,1-5H3. The largest absolute Gasteiger partial charge is 0.385 e. The molecule has 0 saturated heterocycles. The van der Waals surface area contributed by atoms with Gasteiger partial charge in [-0.15, -0.1) is 0 Å². The molecular formula is C14H32N2O2. The molecule has 0 fully saturated rings. The van der Waals surface area contributed by atoms with E-state index in [2.05, 4.69) is 24.1 Å². The van der Waals surface area contributed by atoms with Gasteiger partial charge in [-0.3, -0.25) is 0 Å². The molecule has 1 unspecified atom stereocenters. The van der Waals surface area contributed by atoms with E-state index < -0.39 is 0 Å². The second kappa shape index (κ2) is 10.7. The van der Waals surface area contributed by atoms with Gasteiger partial charge in [-0.05, 0) is 25.3 Å². The highest BCUT2D eigenvalue weighted by Gasteiger charge is 2.24. The van der Waals surface area contributed by atoms with E-state index in [0.29, 0.717) is 5.41 Å². The van der Waals surface area contributed by atoms with E-state index in [-0.39, 0.29) is 0 Å². The summed E-state index contributed by atoms with van der Waals surface area (Å²) in [5.74, 6) is 0. The highest BCUT2D eigenvalue weighted by atomic mass is 16.5. The third-order valence-corrected chi connectivity index (χ3v) is 3.50. The number of methoxy groups -OCH3 is 2. The van der Waals surface area contributed by atoms with Crippen molar-refractivity contribution < 1.29 is 9.47 Å². The van der Waals surface area contributed by atoms with E-state index in [4.69, 9.17) is 9.47 Å². The third kappa shape index (κ3) is 8.03. The maximum absolute atomic E-state index is 5.20. The van der Waals surface area contributed by atoms with Crippen LogP contribution in [-0.4, -0.2) is 65.6 Å². The van der Waals surface area contributed by atoms with Crippen LogP contribution in [0.2, 0.25) is 0 Å². The topological polar surface area (TPSA) is 33.7 Å². The molecule has 0 heterocycles. The zero-order valence-corrected chi connectivity index (χ0v) is 12.9. The van der Waals surface area contributed by atoms with Crippen molar-refractivity contribution in [2.75, 3.05) is 60.7 Å². The van der Waals surface area contributed by atoms with Gasteiger partial charge in [0.2, 0.25) is 0 Å². The molecule has 1 N–H and O–H groups in total. The molecule has 0 amide bonds. The van der Waals surface area contributed by atoms with Crippen LogP contribution in [0, 0.1) is 5.41 Å². The fraction of sp³-hybridized carbons (Fsp3) is 1.00. The molecule has 0 radical (unpaired) electrons. The first-order valence-corrected chi connectivity index (χ1v) is 6.96. The summed E-state index contributed by atoms with van der Waals surface area (Å²) in [4.78, 5) is 2.49. The van der Waals surface area contributed by atoms with Crippen molar-refractivity contribution in [1.82, 2.24) is 10.2 Å². The predicted molar refractivity (Wildman–Crippen MR) is 77.1 cm³/mol. The summed E-state index contributed by atoms with van der Waals surface area (Å²) in [5, 5.41) is 3.31. The fourth-order valence-corrected chi connectivity index (χ4v) is 2.18. The Hall–Kier alpha value is -0.160. The van der Waals surface area contributed by atoms with Crippen LogP contribution in [0.1, 0.15) is 26.7 Å². The molecule has 18 heavy (non-hydrogen) atoms. The van der Waals surface area contributed by atoms with E-state index in [9.17, 15) is 0 Å². The van der Waals surface area contributed by atoms with Crippen molar-refractivity contribution >= 4 is 0 Å². The normalized spacial score (nSPS) is 15.0. The molecule has 0 aromatic rings. The SMILES string of the molecule is CCC(C)(CNC)CN(CCCOC)CCOC. The zero-order valence-electron chi connectivity index (χ0n) is 12.9. The molecule has 4 heteroatoms. The molecule has 0 rings (SSSR count). The van der Waals surface area contributed by atoms with Crippen LogP contribution in [0.4, 0.5) is 0 Å². The van der Waals surface area contributed by atoms with Gasteiger partial charge in [-0.25, -0.2) is 0 Å². The summed E-state index contributed by atoms with van der Waals surface area (Å²) in [6.45, 7) is 10.5. The van der Waals surface area contributed by atoms with Crippen molar-refractivity contribution in [3.63, 3.8) is 0 Å². The molecule has 0 aromatic carbocycles. The Labute approximate surface area is 113 Å². The second-order valence-electron chi connectivity index (χ2n) is 5.31. The molecule has 4 nitrogen and oxygen atoms in total. The van der Waals surface area contributed by atoms with Crippen LogP contribution in [0.3, 0.4) is 0 Å². The summed E-state index contributed by atoms with van der Waals surface area (Å²) in [5.41, 5.74) is 0.329. The van der Waals surface area contributed by atoms with Crippen molar-refractivity contribution in [2.45, 2.75) is 26.7 Å². The Morgan fingerprint density at radius 3 is 2.28 bits per heavy atom. The Bertz CT molecular complexity index is 191. The molecular weight excluding hydrogens is 228 g/mol. The lowest BCUT2D eigenvalue weighted by Crippen LogP contribution is -2.43. The molecule has 0 saturated carbocycles. The second-order valence-corrected chi connectivity index (χ2v) is 5.31. The van der Waals surface area contributed by atoms with Gasteiger partial charge in [0.05, 0.1) is 6.61 Å². The van der Waals surface area contributed by atoms with E-state index in [1.807, 2.05) is 7.05 Å². The minimum Gasteiger partial charge on any atom is -0.385 e. The van der Waals surface area contributed by atoms with Gasteiger partial charge in [0, 0.05) is 47.0 Å². The monoisotopic (exact) mass is 260 g/mol. The average molecular weight is 260 g/mol. The van der Waals surface area contributed by atoms with Gasteiger partial charge in [0.25, 0.3) is 0 Å². The van der Waals surface area contributed by atoms with Gasteiger partial charge in [0.15, 0.2) is 0 Å². The Morgan fingerprint density at radius 1 is 1.11 bits per heavy atom. The van der Waals surface area contributed by atoms with E-state index in [0.717, 1.165) is 45.8 Å². The summed E-state index contributed by atoms with van der Waals surface area (Å²) in [7, 11) is 5.55. The predicted octanol–water partition coefficient (Wildman–Crippen LogP) is 1.61. The quantitative estimate of drug-likeness (QED) is 0.541. The smallest absolute Gasteiger partial charge is 0.0589 e. The van der Waals surface area contributed by atoms with Crippen LogP contribution in [0.25, 0.3) is 0 Å². The summed E-state index contributed by atoms with van der Waals surface area (Å²) < 4.78 is 10.3. The summed E-state index contributed by atoms with van der Waals surface area (Å²) in [6.07, 6.45) is 2.27. The fourth-order valence-electron chi connectivity index (χ4n) is 2.18. The van der Waals surface area contributed by atoms with Gasteiger partial charge in [0.1, 0.15) is 0 Å². The summed E-state index contributed by atoms with van der Waals surface area (Å²) in [6, 6.07) is 0. The Morgan fingerprint density at radius 2 is 1.78 bits per heavy atom. The molecule has 110 valence electrons. The zero-order chi connectivity index (χ0) is 13.9. The Balaban J connectivity index is 4.25. The minimum atomic E-state index is 0.329. The maximum Gasteiger partial charge on any atom is 0.0589 e. The highest BCUT2D eigenvalue weighted by Crippen LogP contribution is 2.21. The van der Waals surface area contributed by atoms with Crippen LogP contribution < -0.4 is 5.32 Å². The summed E-state index contributed by atoms with van der Waals surface area (Å²) >= 11 is 0. The molecule has 0 aliphatic carbocycles. The van der Waals surface area contributed by atoms with E-state index in [1.54, 1.807) is 14.2 Å². The van der Waals surface area contributed by atoms with Crippen molar-refractivity contribution in [1.29, 1.82) is 0 Å². The number of ether oxygens (including phenoxy) is 2. The molecule has 0 aliphatic heterocycles. The van der Waals surface area contributed by atoms with Crippen molar-refractivity contribution in [3.05, 3.63) is 0 Å². The molecule has 1 atom stereocenters. The Kier molecular flexibility index (Phi) is 10.6. The first-order chi connectivity index (χ1) is 8.61. The molecule has 0 aliphatic rings. The van der Waals surface area contributed by atoms with Crippen LogP contribution in [0.15, 0.2) is 0 Å². The van der Waals surface area contributed by atoms with Gasteiger partial charge in [-0.1, -0.05) is 13.8 Å². The highest BCUT2D eigenvalue weighted by molar-refractivity contribution is 4.79. The average Bonchev–Trinajstić information content (AvgIpc) is 2.36. The molecule has 0 bridgehead atoms. The van der Waals surface area contributed by atoms with Crippen molar-refractivity contribution in [3.8, 4) is 0 Å². The first kappa shape index (κ1) is 17.8.